The third-order valence-corrected chi connectivity index (χ3v) is 7.05. The van der Waals surface area contributed by atoms with E-state index in [1.807, 2.05) is 59.5 Å². The number of unbranched alkanes of at least 4 members (excludes halogenated alkanes) is 2. The van der Waals surface area contributed by atoms with E-state index in [1.54, 1.807) is 6.08 Å². The lowest BCUT2D eigenvalue weighted by atomic mass is 10.1. The van der Waals surface area contributed by atoms with E-state index >= 15 is 0 Å². The second-order valence-corrected chi connectivity index (χ2v) is 9.76. The zero-order chi connectivity index (χ0) is 26.6. The van der Waals surface area contributed by atoms with Gasteiger partial charge < -0.3 is 14.8 Å². The van der Waals surface area contributed by atoms with Crippen molar-refractivity contribution in [2.75, 3.05) is 6.54 Å². The number of benzene rings is 2. The summed E-state index contributed by atoms with van der Waals surface area (Å²) in [5.74, 6) is 1.04. The predicted molar refractivity (Wildman–Crippen MR) is 152 cm³/mol. The van der Waals surface area contributed by atoms with Crippen molar-refractivity contribution in [3.63, 3.8) is 0 Å². The number of hydrogen-bond acceptors (Lipinski definition) is 3. The van der Waals surface area contributed by atoms with Crippen LogP contribution in [-0.2, 0) is 22.6 Å². The molecule has 0 fully saturated rings. The largest absolute Gasteiger partial charge is 0.353 e. The standard InChI is InChI=1S/C31H42N4O2/c1-5-24(3)35(25(4)6-2)31(37)23-34-28-18-13-12-17-27(28)33-29(34)19-11-8-14-22-32-30(36)21-20-26-15-9-7-10-16-26/h7,9-10,12-13,15-18,20-21,24-25H,5-6,8,11,14,19,22-23H2,1-4H3,(H,32,36)/b21-20+. The molecule has 2 atom stereocenters. The Labute approximate surface area is 221 Å². The number of nitrogens with zero attached hydrogens (tertiary/aromatic N) is 3. The zero-order valence-corrected chi connectivity index (χ0v) is 22.8. The Bertz CT molecular complexity index is 1160. The average Bonchev–Trinajstić information content (AvgIpc) is 3.26. The summed E-state index contributed by atoms with van der Waals surface area (Å²) in [6.07, 6.45) is 8.91. The number of para-hydroxylation sites is 2. The van der Waals surface area contributed by atoms with Gasteiger partial charge in [0, 0.05) is 31.1 Å². The van der Waals surface area contributed by atoms with Crippen LogP contribution in [0.2, 0.25) is 0 Å². The van der Waals surface area contributed by atoms with E-state index in [-0.39, 0.29) is 23.9 Å². The van der Waals surface area contributed by atoms with Crippen LogP contribution in [0.3, 0.4) is 0 Å². The van der Waals surface area contributed by atoms with Crippen molar-refractivity contribution in [2.24, 2.45) is 0 Å². The van der Waals surface area contributed by atoms with Crippen LogP contribution in [0.25, 0.3) is 17.1 Å². The maximum Gasteiger partial charge on any atom is 0.243 e. The van der Waals surface area contributed by atoms with Gasteiger partial charge in [0.1, 0.15) is 12.4 Å². The molecule has 198 valence electrons. The van der Waals surface area contributed by atoms with Gasteiger partial charge >= 0.3 is 0 Å². The second kappa shape index (κ2) is 14.4. The molecule has 0 aliphatic carbocycles. The Morgan fingerprint density at radius 1 is 0.946 bits per heavy atom. The summed E-state index contributed by atoms with van der Waals surface area (Å²) in [5.41, 5.74) is 2.95. The van der Waals surface area contributed by atoms with Crippen LogP contribution in [0.1, 0.15) is 71.2 Å². The minimum atomic E-state index is -0.0728. The van der Waals surface area contributed by atoms with Gasteiger partial charge in [-0.2, -0.15) is 0 Å². The fourth-order valence-electron chi connectivity index (χ4n) is 4.62. The fraction of sp³-hybridized carbons (Fsp3) is 0.452. The minimum Gasteiger partial charge on any atom is -0.353 e. The molecule has 0 saturated heterocycles. The molecule has 3 rings (SSSR count). The van der Waals surface area contributed by atoms with Gasteiger partial charge in [0.2, 0.25) is 11.8 Å². The van der Waals surface area contributed by atoms with Crippen molar-refractivity contribution in [3.05, 3.63) is 72.1 Å². The zero-order valence-electron chi connectivity index (χ0n) is 22.8. The van der Waals surface area contributed by atoms with E-state index in [4.69, 9.17) is 4.98 Å². The molecule has 1 heterocycles. The maximum atomic E-state index is 13.5. The molecule has 2 unspecified atom stereocenters. The molecule has 1 N–H and O–H groups in total. The fourth-order valence-corrected chi connectivity index (χ4v) is 4.62. The normalized spacial score (nSPS) is 13.1. The average molecular weight is 503 g/mol. The molecule has 6 heteroatoms. The molecule has 2 aromatic carbocycles. The first-order chi connectivity index (χ1) is 17.9. The van der Waals surface area contributed by atoms with Gasteiger partial charge in [-0.1, -0.05) is 62.7 Å². The van der Waals surface area contributed by atoms with E-state index in [0.29, 0.717) is 13.1 Å². The smallest absolute Gasteiger partial charge is 0.243 e. The van der Waals surface area contributed by atoms with Crippen molar-refractivity contribution >= 4 is 28.9 Å². The quantitative estimate of drug-likeness (QED) is 0.217. The summed E-state index contributed by atoms with van der Waals surface area (Å²) >= 11 is 0. The molecule has 2 amide bonds. The Balaban J connectivity index is 1.55. The van der Waals surface area contributed by atoms with Gasteiger partial charge in [-0.25, -0.2) is 4.98 Å². The SMILES string of the molecule is CCC(C)N(C(=O)Cn1c(CCCCCNC(=O)/C=C/c2ccccc2)nc2ccccc21)C(C)CC. The molecule has 1 aromatic heterocycles. The van der Waals surface area contributed by atoms with Crippen molar-refractivity contribution in [1.29, 1.82) is 0 Å². The summed E-state index contributed by atoms with van der Waals surface area (Å²) < 4.78 is 2.10. The molecule has 37 heavy (non-hydrogen) atoms. The highest BCUT2D eigenvalue weighted by Crippen LogP contribution is 2.20. The van der Waals surface area contributed by atoms with Crippen LogP contribution < -0.4 is 5.32 Å². The summed E-state index contributed by atoms with van der Waals surface area (Å²) in [6.45, 7) is 9.49. The number of carbonyl (C=O) groups is 2. The first-order valence-electron chi connectivity index (χ1n) is 13.7. The highest BCUT2D eigenvalue weighted by atomic mass is 16.2. The van der Waals surface area contributed by atoms with E-state index in [9.17, 15) is 9.59 Å². The molecule has 0 saturated carbocycles. The van der Waals surface area contributed by atoms with Crippen LogP contribution in [0.5, 0.6) is 0 Å². The van der Waals surface area contributed by atoms with E-state index in [0.717, 1.165) is 60.9 Å². The van der Waals surface area contributed by atoms with E-state index in [2.05, 4.69) is 43.6 Å². The highest BCUT2D eigenvalue weighted by Gasteiger charge is 2.25. The molecule has 6 nitrogen and oxygen atoms in total. The number of hydrogen-bond donors (Lipinski definition) is 1. The topological polar surface area (TPSA) is 67.2 Å². The maximum absolute atomic E-state index is 13.5. The first-order valence-corrected chi connectivity index (χ1v) is 13.7. The Morgan fingerprint density at radius 3 is 2.32 bits per heavy atom. The van der Waals surface area contributed by atoms with Gasteiger partial charge in [-0.15, -0.1) is 0 Å². The third kappa shape index (κ3) is 8.04. The number of amides is 2. The van der Waals surface area contributed by atoms with Crippen LogP contribution in [-0.4, -0.2) is 44.9 Å². The van der Waals surface area contributed by atoms with Crippen LogP contribution in [0.15, 0.2) is 60.7 Å². The van der Waals surface area contributed by atoms with Gasteiger partial charge in [0.15, 0.2) is 0 Å². The van der Waals surface area contributed by atoms with Gasteiger partial charge in [0.25, 0.3) is 0 Å². The van der Waals surface area contributed by atoms with Gasteiger partial charge in [-0.3, -0.25) is 9.59 Å². The third-order valence-electron chi connectivity index (χ3n) is 7.05. The second-order valence-electron chi connectivity index (χ2n) is 9.76. The lowest BCUT2D eigenvalue weighted by molar-refractivity contribution is -0.136. The van der Waals surface area contributed by atoms with Crippen LogP contribution in [0.4, 0.5) is 0 Å². The number of imidazole rings is 1. The molecular formula is C31H42N4O2. The minimum absolute atomic E-state index is 0.0728. The lowest BCUT2D eigenvalue weighted by Gasteiger charge is -2.34. The molecule has 0 spiro atoms. The number of carbonyl (C=O) groups excluding carboxylic acids is 2. The number of fused-ring (bicyclic) bond motifs is 1. The summed E-state index contributed by atoms with van der Waals surface area (Å²) in [5, 5.41) is 2.96. The predicted octanol–water partition coefficient (Wildman–Crippen LogP) is 6.00. The van der Waals surface area contributed by atoms with Crippen molar-refractivity contribution < 1.29 is 9.59 Å². The van der Waals surface area contributed by atoms with Crippen LogP contribution in [0, 0.1) is 0 Å². The number of rotatable bonds is 14. The first kappa shape index (κ1) is 28.2. The van der Waals surface area contributed by atoms with Crippen LogP contribution >= 0.6 is 0 Å². The van der Waals surface area contributed by atoms with Crippen molar-refractivity contribution in [2.45, 2.75) is 84.8 Å². The molecule has 3 aromatic rings. The molecule has 0 bridgehead atoms. The summed E-state index contributed by atoms with van der Waals surface area (Å²) in [6, 6.07) is 18.3. The number of aromatic nitrogens is 2. The Morgan fingerprint density at radius 2 is 1.62 bits per heavy atom. The molecule has 0 aliphatic heterocycles. The summed E-state index contributed by atoms with van der Waals surface area (Å²) in [4.78, 5) is 32.4. The number of nitrogens with one attached hydrogen (secondary N) is 1. The monoisotopic (exact) mass is 502 g/mol. The van der Waals surface area contributed by atoms with Crippen molar-refractivity contribution in [1.82, 2.24) is 19.8 Å². The Kier molecular flexibility index (Phi) is 10.9. The van der Waals surface area contributed by atoms with Gasteiger partial charge in [0.05, 0.1) is 11.0 Å². The lowest BCUT2D eigenvalue weighted by Crippen LogP contribution is -2.45. The number of aryl methyl sites for hydroxylation is 1. The van der Waals surface area contributed by atoms with Gasteiger partial charge in [-0.05, 0) is 63.3 Å². The Hall–Kier alpha value is -3.41. The molecular weight excluding hydrogens is 460 g/mol. The van der Waals surface area contributed by atoms with E-state index < -0.39 is 0 Å². The molecule has 0 radical (unpaired) electrons. The highest BCUT2D eigenvalue weighted by molar-refractivity contribution is 5.91. The summed E-state index contributed by atoms with van der Waals surface area (Å²) in [7, 11) is 0. The molecule has 0 aliphatic rings. The van der Waals surface area contributed by atoms with Crippen molar-refractivity contribution in [3.8, 4) is 0 Å². The van der Waals surface area contributed by atoms with E-state index in [1.165, 1.54) is 0 Å².